The Bertz CT molecular complexity index is 342. The molecule has 0 bridgehead atoms. The van der Waals surface area contributed by atoms with Gasteiger partial charge in [0.1, 0.15) is 5.82 Å². The first-order valence-electron chi connectivity index (χ1n) is 5.61. The molecule has 0 heterocycles. The third kappa shape index (κ3) is 3.56. The van der Waals surface area contributed by atoms with Gasteiger partial charge in [-0.25, -0.2) is 4.39 Å². The van der Waals surface area contributed by atoms with Gasteiger partial charge < -0.3 is 5.73 Å². The molecule has 16 heavy (non-hydrogen) atoms. The van der Waals surface area contributed by atoms with Gasteiger partial charge in [-0.15, -0.1) is 0 Å². The normalized spacial score (nSPS) is 15.2. The fourth-order valence-electron chi connectivity index (χ4n) is 1.98. The molecule has 2 atom stereocenters. The van der Waals surface area contributed by atoms with Crippen molar-refractivity contribution in [3.05, 3.63) is 34.1 Å². The van der Waals surface area contributed by atoms with E-state index in [-0.39, 0.29) is 11.9 Å². The lowest BCUT2D eigenvalue weighted by atomic mass is 9.84. The maximum atomic E-state index is 13.6. The largest absolute Gasteiger partial charge is 0.328 e. The summed E-state index contributed by atoms with van der Waals surface area (Å²) in [6.07, 6.45) is 0.695. The molecule has 0 amide bonds. The first kappa shape index (κ1) is 13.7. The van der Waals surface area contributed by atoms with E-state index in [2.05, 4.69) is 29.8 Å². The van der Waals surface area contributed by atoms with Gasteiger partial charge in [0.25, 0.3) is 0 Å². The summed E-state index contributed by atoms with van der Waals surface area (Å²) in [6, 6.07) is 5.14. The molecule has 0 aliphatic carbocycles. The van der Waals surface area contributed by atoms with Crippen LogP contribution in [0.3, 0.4) is 0 Å². The van der Waals surface area contributed by atoms with Crippen LogP contribution < -0.4 is 5.73 Å². The molecule has 0 radical (unpaired) electrons. The van der Waals surface area contributed by atoms with Crippen LogP contribution in [0.25, 0.3) is 0 Å². The Labute approximate surface area is 105 Å². The summed E-state index contributed by atoms with van der Waals surface area (Å²) in [7, 11) is 0. The zero-order chi connectivity index (χ0) is 12.3. The standard InChI is InChI=1S/C13H19BrFN/c1-8(2)12(9(3)16)7-10-6-11(14)4-5-13(10)15/h4-6,8-9,12H,7,16H2,1-3H3. The van der Waals surface area contributed by atoms with E-state index >= 15 is 0 Å². The molecule has 1 nitrogen and oxygen atoms in total. The van der Waals surface area contributed by atoms with Gasteiger partial charge >= 0.3 is 0 Å². The molecule has 0 spiro atoms. The van der Waals surface area contributed by atoms with Gasteiger partial charge in [-0.1, -0.05) is 29.8 Å². The predicted molar refractivity (Wildman–Crippen MR) is 69.8 cm³/mol. The van der Waals surface area contributed by atoms with E-state index in [0.717, 1.165) is 10.0 Å². The van der Waals surface area contributed by atoms with Crippen molar-refractivity contribution in [3.63, 3.8) is 0 Å². The summed E-state index contributed by atoms with van der Waals surface area (Å²) in [4.78, 5) is 0. The van der Waals surface area contributed by atoms with E-state index in [1.807, 2.05) is 13.0 Å². The number of hydrogen-bond acceptors (Lipinski definition) is 1. The molecule has 3 heteroatoms. The molecule has 1 aromatic rings. The lowest BCUT2D eigenvalue weighted by molar-refractivity contribution is 0.326. The van der Waals surface area contributed by atoms with Crippen molar-refractivity contribution in [1.82, 2.24) is 0 Å². The molecule has 90 valence electrons. The molecular formula is C13H19BrFN. The van der Waals surface area contributed by atoms with Crippen LogP contribution in [0, 0.1) is 17.7 Å². The second-order valence-electron chi connectivity index (χ2n) is 4.71. The van der Waals surface area contributed by atoms with Crippen LogP contribution in [0.5, 0.6) is 0 Å². The van der Waals surface area contributed by atoms with Crippen molar-refractivity contribution in [2.24, 2.45) is 17.6 Å². The number of benzene rings is 1. The second kappa shape index (κ2) is 5.78. The summed E-state index contributed by atoms with van der Waals surface area (Å²) in [5, 5.41) is 0. The van der Waals surface area contributed by atoms with Crippen molar-refractivity contribution in [1.29, 1.82) is 0 Å². The van der Waals surface area contributed by atoms with E-state index in [4.69, 9.17) is 5.73 Å². The smallest absolute Gasteiger partial charge is 0.126 e. The van der Waals surface area contributed by atoms with Crippen LogP contribution >= 0.6 is 15.9 Å². The van der Waals surface area contributed by atoms with Crippen molar-refractivity contribution >= 4 is 15.9 Å². The molecular weight excluding hydrogens is 269 g/mol. The molecule has 0 aromatic heterocycles. The zero-order valence-electron chi connectivity index (χ0n) is 10.0. The van der Waals surface area contributed by atoms with Crippen molar-refractivity contribution in [2.75, 3.05) is 0 Å². The third-order valence-corrected chi connectivity index (χ3v) is 3.49. The van der Waals surface area contributed by atoms with Crippen LogP contribution in [0.2, 0.25) is 0 Å². The van der Waals surface area contributed by atoms with Crippen LogP contribution in [0.4, 0.5) is 4.39 Å². The summed E-state index contributed by atoms with van der Waals surface area (Å²) in [5.74, 6) is 0.622. The first-order valence-corrected chi connectivity index (χ1v) is 6.40. The monoisotopic (exact) mass is 287 g/mol. The highest BCUT2D eigenvalue weighted by Crippen LogP contribution is 2.23. The van der Waals surface area contributed by atoms with Crippen molar-refractivity contribution < 1.29 is 4.39 Å². The Kier molecular flexibility index (Phi) is 4.93. The molecule has 1 rings (SSSR count). The van der Waals surface area contributed by atoms with Gasteiger partial charge in [0.05, 0.1) is 0 Å². The molecule has 2 N–H and O–H groups in total. The first-order chi connectivity index (χ1) is 7.41. The van der Waals surface area contributed by atoms with E-state index in [9.17, 15) is 4.39 Å². The second-order valence-corrected chi connectivity index (χ2v) is 5.62. The van der Waals surface area contributed by atoms with Gasteiger partial charge in [0.2, 0.25) is 0 Å². The SMILES string of the molecule is CC(C)C(Cc1cc(Br)ccc1F)C(C)N. The van der Waals surface area contributed by atoms with E-state index in [0.29, 0.717) is 18.3 Å². The summed E-state index contributed by atoms with van der Waals surface area (Å²) in [6.45, 7) is 6.24. The summed E-state index contributed by atoms with van der Waals surface area (Å²) < 4.78 is 14.5. The number of halogens is 2. The molecule has 0 fully saturated rings. The number of hydrogen-bond donors (Lipinski definition) is 1. The van der Waals surface area contributed by atoms with Crippen LogP contribution in [0.1, 0.15) is 26.3 Å². The third-order valence-electron chi connectivity index (χ3n) is 3.00. The van der Waals surface area contributed by atoms with Crippen LogP contribution in [0.15, 0.2) is 22.7 Å². The molecule has 2 unspecified atom stereocenters. The van der Waals surface area contributed by atoms with E-state index < -0.39 is 0 Å². The molecule has 0 aliphatic rings. The zero-order valence-corrected chi connectivity index (χ0v) is 11.6. The minimum Gasteiger partial charge on any atom is -0.328 e. The average Bonchev–Trinajstić information content (AvgIpc) is 2.18. The van der Waals surface area contributed by atoms with Gasteiger partial charge in [-0.2, -0.15) is 0 Å². The highest BCUT2D eigenvalue weighted by Gasteiger charge is 2.19. The Morgan fingerprint density at radius 2 is 1.94 bits per heavy atom. The topological polar surface area (TPSA) is 26.0 Å². The van der Waals surface area contributed by atoms with E-state index in [1.54, 1.807) is 6.07 Å². The number of nitrogens with two attached hydrogens (primary N) is 1. The molecule has 0 saturated carbocycles. The van der Waals surface area contributed by atoms with Crippen molar-refractivity contribution in [2.45, 2.75) is 33.2 Å². The minimum absolute atomic E-state index is 0.0818. The summed E-state index contributed by atoms with van der Waals surface area (Å²) >= 11 is 3.36. The molecule has 0 aliphatic heterocycles. The highest BCUT2D eigenvalue weighted by molar-refractivity contribution is 9.10. The lowest BCUT2D eigenvalue weighted by Gasteiger charge is -2.25. The molecule has 0 saturated heterocycles. The van der Waals surface area contributed by atoms with Crippen molar-refractivity contribution in [3.8, 4) is 0 Å². The van der Waals surface area contributed by atoms with Gasteiger partial charge in [-0.05, 0) is 48.9 Å². The van der Waals surface area contributed by atoms with Gasteiger partial charge in [-0.3, -0.25) is 0 Å². The lowest BCUT2D eigenvalue weighted by Crippen LogP contribution is -2.32. The Balaban J connectivity index is 2.89. The maximum Gasteiger partial charge on any atom is 0.126 e. The number of rotatable bonds is 4. The predicted octanol–water partition coefficient (Wildman–Crippen LogP) is 3.75. The van der Waals surface area contributed by atoms with E-state index in [1.165, 1.54) is 6.07 Å². The van der Waals surface area contributed by atoms with Gasteiger partial charge in [0.15, 0.2) is 0 Å². The van der Waals surface area contributed by atoms with Crippen LogP contribution in [-0.4, -0.2) is 6.04 Å². The minimum atomic E-state index is -0.144. The maximum absolute atomic E-state index is 13.6. The Hall–Kier alpha value is -0.410. The Morgan fingerprint density at radius 1 is 1.31 bits per heavy atom. The van der Waals surface area contributed by atoms with Gasteiger partial charge in [0, 0.05) is 10.5 Å². The quantitative estimate of drug-likeness (QED) is 0.897. The average molecular weight is 288 g/mol. The summed E-state index contributed by atoms with van der Waals surface area (Å²) in [5.41, 5.74) is 6.68. The molecule has 1 aromatic carbocycles. The fraction of sp³-hybridized carbons (Fsp3) is 0.538. The van der Waals surface area contributed by atoms with Crippen LogP contribution in [-0.2, 0) is 6.42 Å². The fourth-order valence-corrected chi connectivity index (χ4v) is 2.39. The Morgan fingerprint density at radius 3 is 2.44 bits per heavy atom. The highest BCUT2D eigenvalue weighted by atomic mass is 79.9.